The number of sulfone groups is 1. The van der Waals surface area contributed by atoms with Gasteiger partial charge in [0.15, 0.2) is 0 Å². The third-order valence-corrected chi connectivity index (χ3v) is 6.32. The molecule has 0 aliphatic heterocycles. The highest BCUT2D eigenvalue weighted by Crippen LogP contribution is 2.23. The molecule has 1 aliphatic rings. The van der Waals surface area contributed by atoms with Gasteiger partial charge < -0.3 is 5.32 Å². The van der Waals surface area contributed by atoms with E-state index in [2.05, 4.69) is 12.2 Å². The Morgan fingerprint density at radius 1 is 1.33 bits per heavy atom. The molecule has 0 radical (unpaired) electrons. The quantitative estimate of drug-likeness (QED) is 0.764. The third kappa shape index (κ3) is 6.29. The Morgan fingerprint density at radius 2 is 2.06 bits per heavy atom. The van der Waals surface area contributed by atoms with Crippen LogP contribution in [0.2, 0.25) is 0 Å². The predicted octanol–water partition coefficient (Wildman–Crippen LogP) is 1.09. The first kappa shape index (κ1) is 16.1. The van der Waals surface area contributed by atoms with Gasteiger partial charge in [-0.25, -0.2) is 8.42 Å². The first-order valence-corrected chi connectivity index (χ1v) is 10.1. The van der Waals surface area contributed by atoms with Crippen molar-refractivity contribution in [3.8, 4) is 0 Å². The van der Waals surface area contributed by atoms with Crippen molar-refractivity contribution in [2.24, 2.45) is 0 Å². The molecule has 0 bridgehead atoms. The van der Waals surface area contributed by atoms with Crippen LogP contribution in [0.4, 0.5) is 0 Å². The molecule has 0 aromatic heterocycles. The standard InChI is InChI=1S/C12H25NO3S2/c1-3-7-13-11-5-4-6-12(10-11)17(14)8-9-18(2,15)16/h11-13H,3-10H2,1-2H3. The summed E-state index contributed by atoms with van der Waals surface area (Å²) in [5.74, 6) is 0.340. The van der Waals surface area contributed by atoms with Gasteiger partial charge in [0, 0.05) is 34.1 Å². The fourth-order valence-corrected chi connectivity index (χ4v) is 5.40. The van der Waals surface area contributed by atoms with Crippen molar-refractivity contribution in [1.82, 2.24) is 5.32 Å². The number of rotatable bonds is 7. The Hall–Kier alpha value is 0.0600. The van der Waals surface area contributed by atoms with Crippen LogP contribution in [0.3, 0.4) is 0 Å². The molecule has 0 spiro atoms. The van der Waals surface area contributed by atoms with E-state index in [1.54, 1.807) is 0 Å². The van der Waals surface area contributed by atoms with Crippen molar-refractivity contribution in [1.29, 1.82) is 0 Å². The molecule has 1 saturated carbocycles. The molecule has 1 rings (SSSR count). The van der Waals surface area contributed by atoms with Crippen LogP contribution in [0.5, 0.6) is 0 Å². The molecule has 0 saturated heterocycles. The molecule has 1 fully saturated rings. The Bertz CT molecular complexity index is 368. The van der Waals surface area contributed by atoms with Gasteiger partial charge in [-0.2, -0.15) is 0 Å². The van der Waals surface area contributed by atoms with E-state index in [9.17, 15) is 12.6 Å². The molecule has 4 nitrogen and oxygen atoms in total. The molecule has 0 aromatic carbocycles. The fourth-order valence-electron chi connectivity index (χ4n) is 2.32. The van der Waals surface area contributed by atoms with E-state index in [0.717, 1.165) is 38.6 Å². The third-order valence-electron chi connectivity index (χ3n) is 3.34. The number of hydrogen-bond acceptors (Lipinski definition) is 4. The van der Waals surface area contributed by atoms with Crippen molar-refractivity contribution in [3.05, 3.63) is 0 Å². The number of nitrogens with one attached hydrogen (secondary N) is 1. The molecule has 0 amide bonds. The van der Waals surface area contributed by atoms with Crippen LogP contribution < -0.4 is 5.32 Å². The van der Waals surface area contributed by atoms with Crippen LogP contribution in [0.25, 0.3) is 0 Å². The molecule has 6 heteroatoms. The SMILES string of the molecule is CCCNC1CCCC(S(=O)CCS(C)(=O)=O)C1. The normalized spacial score (nSPS) is 27.0. The van der Waals surface area contributed by atoms with Gasteiger partial charge in [0.05, 0.1) is 5.75 Å². The maximum absolute atomic E-state index is 12.1. The molecular weight excluding hydrogens is 270 g/mol. The lowest BCUT2D eigenvalue weighted by atomic mass is 9.95. The van der Waals surface area contributed by atoms with Gasteiger partial charge in [0.25, 0.3) is 0 Å². The summed E-state index contributed by atoms with van der Waals surface area (Å²) in [5.41, 5.74) is 0. The average Bonchev–Trinajstić information content (AvgIpc) is 2.33. The fraction of sp³-hybridized carbons (Fsp3) is 1.00. The van der Waals surface area contributed by atoms with Gasteiger partial charge in [-0.15, -0.1) is 0 Å². The van der Waals surface area contributed by atoms with E-state index in [-0.39, 0.29) is 11.0 Å². The summed E-state index contributed by atoms with van der Waals surface area (Å²) in [6.07, 6.45) is 6.46. The zero-order valence-corrected chi connectivity index (χ0v) is 13.0. The highest BCUT2D eigenvalue weighted by molar-refractivity contribution is 7.92. The molecule has 1 aliphatic carbocycles. The van der Waals surface area contributed by atoms with Gasteiger partial charge in [-0.3, -0.25) is 4.21 Å². The van der Waals surface area contributed by atoms with Gasteiger partial charge in [-0.1, -0.05) is 13.3 Å². The molecule has 1 N–H and O–H groups in total. The minimum Gasteiger partial charge on any atom is -0.314 e. The smallest absolute Gasteiger partial charge is 0.148 e. The second-order valence-electron chi connectivity index (χ2n) is 5.15. The van der Waals surface area contributed by atoms with E-state index in [1.165, 1.54) is 6.26 Å². The summed E-state index contributed by atoms with van der Waals surface area (Å²) < 4.78 is 34.2. The van der Waals surface area contributed by atoms with E-state index < -0.39 is 20.6 Å². The van der Waals surface area contributed by atoms with Crippen molar-refractivity contribution >= 4 is 20.6 Å². The first-order chi connectivity index (χ1) is 8.42. The first-order valence-electron chi connectivity index (χ1n) is 6.70. The minimum absolute atomic E-state index is 0.0448. The van der Waals surface area contributed by atoms with Crippen LogP contribution in [0.1, 0.15) is 39.0 Å². The van der Waals surface area contributed by atoms with Gasteiger partial charge in [0.2, 0.25) is 0 Å². The highest BCUT2D eigenvalue weighted by Gasteiger charge is 2.26. The lowest BCUT2D eigenvalue weighted by Gasteiger charge is -2.29. The molecule has 3 atom stereocenters. The molecule has 3 unspecified atom stereocenters. The van der Waals surface area contributed by atoms with E-state index in [0.29, 0.717) is 11.8 Å². The summed E-state index contributed by atoms with van der Waals surface area (Å²) in [6, 6.07) is 0.464. The lowest BCUT2D eigenvalue weighted by Crippen LogP contribution is -2.38. The minimum atomic E-state index is -2.99. The Kier molecular flexibility index (Phi) is 6.81. The van der Waals surface area contributed by atoms with Crippen LogP contribution in [0, 0.1) is 0 Å². The van der Waals surface area contributed by atoms with Crippen LogP contribution in [-0.2, 0) is 20.6 Å². The second-order valence-corrected chi connectivity index (χ2v) is 9.25. The van der Waals surface area contributed by atoms with Crippen LogP contribution >= 0.6 is 0 Å². The summed E-state index contributed by atoms with van der Waals surface area (Å²) in [6.45, 7) is 3.14. The zero-order valence-electron chi connectivity index (χ0n) is 11.4. The largest absolute Gasteiger partial charge is 0.314 e. The Balaban J connectivity index is 2.38. The van der Waals surface area contributed by atoms with Gasteiger partial charge in [0.1, 0.15) is 9.84 Å². The highest BCUT2D eigenvalue weighted by atomic mass is 32.2. The van der Waals surface area contributed by atoms with Crippen molar-refractivity contribution < 1.29 is 12.6 Å². The Labute approximate surface area is 113 Å². The molecule has 18 heavy (non-hydrogen) atoms. The summed E-state index contributed by atoms with van der Waals surface area (Å²) >= 11 is 0. The van der Waals surface area contributed by atoms with E-state index >= 15 is 0 Å². The van der Waals surface area contributed by atoms with Crippen molar-refractivity contribution in [3.63, 3.8) is 0 Å². The van der Waals surface area contributed by atoms with Crippen LogP contribution in [0.15, 0.2) is 0 Å². The molecule has 0 aromatic rings. The average molecular weight is 295 g/mol. The summed E-state index contributed by atoms with van der Waals surface area (Å²) in [7, 11) is -3.99. The lowest BCUT2D eigenvalue weighted by molar-refractivity contribution is 0.378. The van der Waals surface area contributed by atoms with Crippen LogP contribution in [-0.4, -0.2) is 48.2 Å². The number of hydrogen-bond donors (Lipinski definition) is 1. The topological polar surface area (TPSA) is 63.2 Å². The maximum atomic E-state index is 12.1. The van der Waals surface area contributed by atoms with Crippen molar-refractivity contribution in [2.45, 2.75) is 50.3 Å². The monoisotopic (exact) mass is 295 g/mol. The van der Waals surface area contributed by atoms with E-state index in [4.69, 9.17) is 0 Å². The summed E-state index contributed by atoms with van der Waals surface area (Å²) in [5, 5.41) is 3.65. The maximum Gasteiger partial charge on any atom is 0.148 e. The Morgan fingerprint density at radius 3 is 2.67 bits per heavy atom. The van der Waals surface area contributed by atoms with Gasteiger partial charge in [-0.05, 0) is 32.2 Å². The van der Waals surface area contributed by atoms with Gasteiger partial charge >= 0.3 is 0 Å². The van der Waals surface area contributed by atoms with Crippen molar-refractivity contribution in [2.75, 3.05) is 24.3 Å². The second kappa shape index (κ2) is 7.60. The zero-order chi connectivity index (χ0) is 13.6. The molecule has 108 valence electrons. The van der Waals surface area contributed by atoms with E-state index in [1.807, 2.05) is 0 Å². The molecule has 0 heterocycles. The molecular formula is C12H25NO3S2. The predicted molar refractivity (Wildman–Crippen MR) is 77.1 cm³/mol. The summed E-state index contributed by atoms with van der Waals surface area (Å²) in [4.78, 5) is 0.